The van der Waals surface area contributed by atoms with Gasteiger partial charge in [-0.15, -0.1) is 0 Å². The van der Waals surface area contributed by atoms with Gasteiger partial charge in [0.2, 0.25) is 15.7 Å². The van der Waals surface area contributed by atoms with Gasteiger partial charge >= 0.3 is 0 Å². The predicted molar refractivity (Wildman–Crippen MR) is 147 cm³/mol. The van der Waals surface area contributed by atoms with E-state index in [2.05, 4.69) is 15.6 Å². The minimum Gasteiger partial charge on any atom is -0.495 e. The van der Waals surface area contributed by atoms with E-state index in [4.69, 9.17) is 4.74 Å². The average molecular weight is 570 g/mol. The highest BCUT2D eigenvalue weighted by atomic mass is 32.2. The van der Waals surface area contributed by atoms with Crippen LogP contribution >= 0.6 is 0 Å². The number of carbonyl (C=O) groups excluding carboxylic acids is 1. The third-order valence-corrected chi connectivity index (χ3v) is 9.94. The first-order chi connectivity index (χ1) is 19.3. The summed E-state index contributed by atoms with van der Waals surface area (Å²) in [4.78, 5) is 17.1. The lowest BCUT2D eigenvalue weighted by molar-refractivity contribution is -0.127. The van der Waals surface area contributed by atoms with Gasteiger partial charge in [-0.3, -0.25) is 9.78 Å². The topological polar surface area (TPSA) is 97.4 Å². The van der Waals surface area contributed by atoms with E-state index in [1.165, 1.54) is 38.5 Å². The Morgan fingerprint density at radius 2 is 1.75 bits per heavy atom. The molecule has 0 saturated heterocycles. The van der Waals surface area contributed by atoms with Crippen LogP contribution in [0.25, 0.3) is 0 Å². The van der Waals surface area contributed by atoms with Crippen LogP contribution in [0, 0.1) is 17.6 Å². The van der Waals surface area contributed by atoms with Gasteiger partial charge in [0, 0.05) is 31.0 Å². The van der Waals surface area contributed by atoms with E-state index < -0.39 is 31.9 Å². The van der Waals surface area contributed by atoms with Crippen molar-refractivity contribution in [2.45, 2.75) is 73.2 Å². The zero-order valence-electron chi connectivity index (χ0n) is 22.4. The van der Waals surface area contributed by atoms with Gasteiger partial charge in [-0.25, -0.2) is 17.2 Å². The number of carbonyl (C=O) groups is 1. The normalized spacial score (nSPS) is 19.7. The Morgan fingerprint density at radius 3 is 2.42 bits per heavy atom. The SMILES string of the molecule is COc1ccc(F)c(F)c1S(=O)(=O)c1ccc(CNC(=O)C2(C3CCCCCCC3)Cc3cnccc3N2)cc1. The van der Waals surface area contributed by atoms with E-state index in [1.54, 1.807) is 18.3 Å². The molecule has 3 aromatic rings. The van der Waals surface area contributed by atoms with Crippen molar-refractivity contribution in [3.05, 3.63) is 77.6 Å². The number of methoxy groups -OCH3 is 1. The summed E-state index contributed by atoms with van der Waals surface area (Å²) in [6, 6.07) is 9.55. The zero-order valence-corrected chi connectivity index (χ0v) is 23.2. The van der Waals surface area contributed by atoms with Crippen LogP contribution in [0.1, 0.15) is 56.1 Å². The van der Waals surface area contributed by atoms with Crippen LogP contribution in [0.2, 0.25) is 0 Å². The highest BCUT2D eigenvalue weighted by Gasteiger charge is 2.49. The van der Waals surface area contributed by atoms with Crippen LogP contribution in [0.5, 0.6) is 5.75 Å². The van der Waals surface area contributed by atoms with E-state index in [-0.39, 0.29) is 29.0 Å². The van der Waals surface area contributed by atoms with Gasteiger partial charge in [-0.1, -0.05) is 44.2 Å². The largest absolute Gasteiger partial charge is 0.495 e. The Kier molecular flexibility index (Phi) is 8.07. The van der Waals surface area contributed by atoms with Gasteiger partial charge in [0.25, 0.3) is 0 Å². The fourth-order valence-corrected chi connectivity index (χ4v) is 7.44. The lowest BCUT2D eigenvalue weighted by Crippen LogP contribution is -2.56. The number of hydrogen-bond acceptors (Lipinski definition) is 6. The molecule has 1 aliphatic carbocycles. The van der Waals surface area contributed by atoms with Crippen LogP contribution in [0.4, 0.5) is 14.5 Å². The second kappa shape index (κ2) is 11.5. The van der Waals surface area contributed by atoms with Crippen molar-refractivity contribution in [2.24, 2.45) is 5.92 Å². The molecule has 1 saturated carbocycles. The Bertz CT molecular complexity index is 1460. The molecule has 1 atom stereocenters. The number of nitrogens with zero attached hydrogens (tertiary/aromatic N) is 1. The number of sulfone groups is 1. The smallest absolute Gasteiger partial charge is 0.246 e. The van der Waals surface area contributed by atoms with Gasteiger partial charge < -0.3 is 15.4 Å². The number of ether oxygens (including phenoxy) is 1. The van der Waals surface area contributed by atoms with Gasteiger partial charge in [-0.05, 0) is 60.2 Å². The molecule has 2 N–H and O–H groups in total. The maximum Gasteiger partial charge on any atom is 0.246 e. The first-order valence-corrected chi connectivity index (χ1v) is 15.1. The van der Waals surface area contributed by atoms with Crippen molar-refractivity contribution >= 4 is 21.4 Å². The third-order valence-electron chi connectivity index (χ3n) is 8.13. The molecule has 0 bridgehead atoms. The first kappa shape index (κ1) is 28.0. The molecule has 2 aliphatic rings. The standard InChI is InChI=1S/C30H33F2N3O4S/c1-39-26-14-13-24(31)27(32)28(26)40(37,38)23-11-9-20(10-12-23)18-34-29(36)30(22-7-5-3-2-4-6-8-22)17-21-19-33-16-15-25(21)35-30/h9-16,19,22,35H,2-8,17-18H2,1H3,(H,34,36). The summed E-state index contributed by atoms with van der Waals surface area (Å²) in [6.07, 6.45) is 11.8. The van der Waals surface area contributed by atoms with Gasteiger partial charge in [-0.2, -0.15) is 0 Å². The van der Waals surface area contributed by atoms with E-state index in [0.717, 1.165) is 49.1 Å². The number of aromatic nitrogens is 1. The molecule has 1 unspecified atom stereocenters. The monoisotopic (exact) mass is 569 g/mol. The van der Waals surface area contributed by atoms with Crippen LogP contribution in [0.3, 0.4) is 0 Å². The average Bonchev–Trinajstić information content (AvgIpc) is 3.33. The summed E-state index contributed by atoms with van der Waals surface area (Å²) in [7, 11) is -3.21. The minimum absolute atomic E-state index is 0.0995. The molecule has 1 aromatic heterocycles. The van der Waals surface area contributed by atoms with Gasteiger partial charge in [0.1, 0.15) is 11.3 Å². The summed E-state index contributed by atoms with van der Waals surface area (Å²) in [5.41, 5.74) is 1.84. The van der Waals surface area contributed by atoms with Crippen molar-refractivity contribution in [1.29, 1.82) is 0 Å². The maximum absolute atomic E-state index is 14.5. The molecule has 7 nitrogen and oxygen atoms in total. The quantitative estimate of drug-likeness (QED) is 0.385. The number of pyridine rings is 1. The third kappa shape index (κ3) is 5.29. The maximum atomic E-state index is 14.5. The lowest BCUT2D eigenvalue weighted by Gasteiger charge is -2.38. The number of nitrogens with one attached hydrogen (secondary N) is 2. The number of rotatable bonds is 7. The Balaban J connectivity index is 1.35. The summed E-state index contributed by atoms with van der Waals surface area (Å²) < 4.78 is 59.6. The Labute approximate surface area is 233 Å². The molecule has 0 radical (unpaired) electrons. The number of halogens is 2. The van der Waals surface area contributed by atoms with Crippen LogP contribution in [0.15, 0.2) is 64.6 Å². The molecule has 0 spiro atoms. The number of benzene rings is 2. The number of anilines is 1. The van der Waals surface area contributed by atoms with Crippen molar-refractivity contribution < 1.29 is 26.7 Å². The summed E-state index contributed by atoms with van der Waals surface area (Å²) in [6.45, 7) is 0.182. The molecule has 212 valence electrons. The van der Waals surface area contributed by atoms with Crippen molar-refractivity contribution in [1.82, 2.24) is 10.3 Å². The summed E-state index contributed by atoms with van der Waals surface area (Å²) in [5.74, 6) is -2.98. The molecule has 1 aliphatic heterocycles. The Hall–Kier alpha value is -3.53. The first-order valence-electron chi connectivity index (χ1n) is 13.6. The van der Waals surface area contributed by atoms with Crippen LogP contribution in [-0.4, -0.2) is 32.0 Å². The van der Waals surface area contributed by atoms with E-state index >= 15 is 0 Å². The van der Waals surface area contributed by atoms with E-state index in [1.807, 2.05) is 12.3 Å². The zero-order chi connectivity index (χ0) is 28.3. The molecule has 2 aromatic carbocycles. The molecular formula is C30H33F2N3O4S. The molecule has 10 heteroatoms. The Morgan fingerprint density at radius 1 is 1.05 bits per heavy atom. The van der Waals surface area contributed by atoms with Crippen molar-refractivity contribution in [3.63, 3.8) is 0 Å². The van der Waals surface area contributed by atoms with Crippen LogP contribution < -0.4 is 15.4 Å². The fraction of sp³-hybridized carbons (Fsp3) is 0.400. The molecule has 1 amide bonds. The molecular weight excluding hydrogens is 536 g/mol. The fourth-order valence-electron chi connectivity index (χ4n) is 5.96. The highest BCUT2D eigenvalue weighted by Crippen LogP contribution is 2.42. The number of fused-ring (bicyclic) bond motifs is 1. The van der Waals surface area contributed by atoms with E-state index in [0.29, 0.717) is 12.0 Å². The molecule has 40 heavy (non-hydrogen) atoms. The number of hydrogen-bond donors (Lipinski definition) is 2. The summed E-state index contributed by atoms with van der Waals surface area (Å²) in [5, 5.41) is 6.63. The van der Waals surface area contributed by atoms with Gasteiger partial charge in [0.15, 0.2) is 16.5 Å². The molecule has 5 rings (SSSR count). The second-order valence-electron chi connectivity index (χ2n) is 10.6. The lowest BCUT2D eigenvalue weighted by atomic mass is 9.74. The molecule has 1 fully saturated rings. The van der Waals surface area contributed by atoms with Gasteiger partial charge in [0.05, 0.1) is 12.0 Å². The second-order valence-corrected chi connectivity index (χ2v) is 12.5. The van der Waals surface area contributed by atoms with Crippen LogP contribution in [-0.2, 0) is 27.6 Å². The van der Waals surface area contributed by atoms with Crippen molar-refractivity contribution in [2.75, 3.05) is 12.4 Å². The molecule has 2 heterocycles. The highest BCUT2D eigenvalue weighted by molar-refractivity contribution is 7.91. The summed E-state index contributed by atoms with van der Waals surface area (Å²) >= 11 is 0. The van der Waals surface area contributed by atoms with Crippen molar-refractivity contribution in [3.8, 4) is 5.75 Å². The predicted octanol–water partition coefficient (Wildman–Crippen LogP) is 5.58. The van der Waals surface area contributed by atoms with E-state index in [9.17, 15) is 22.0 Å². The number of amides is 1. The minimum atomic E-state index is -4.40.